The van der Waals surface area contributed by atoms with Gasteiger partial charge in [-0.2, -0.15) is 0 Å². The molecule has 0 bridgehead atoms. The van der Waals surface area contributed by atoms with Crippen LogP contribution in [0.2, 0.25) is 0 Å². The van der Waals surface area contributed by atoms with Crippen LogP contribution in [0.5, 0.6) is 5.75 Å². The highest BCUT2D eigenvalue weighted by atomic mass is 32.2. The lowest BCUT2D eigenvalue weighted by atomic mass is 10.2. The number of aromatic nitrogens is 5. The van der Waals surface area contributed by atoms with E-state index in [0.29, 0.717) is 30.2 Å². The number of fused-ring (bicyclic) bond motifs is 1. The fourth-order valence-electron chi connectivity index (χ4n) is 3.84. The summed E-state index contributed by atoms with van der Waals surface area (Å²) in [5.74, 6) is 2.80. The van der Waals surface area contributed by atoms with Gasteiger partial charge < -0.3 is 9.30 Å². The molecule has 0 saturated carbocycles. The number of allylic oxidation sites excluding steroid dienone is 1. The molecule has 35 heavy (non-hydrogen) atoms. The van der Waals surface area contributed by atoms with Crippen LogP contribution in [0.1, 0.15) is 12.7 Å². The summed E-state index contributed by atoms with van der Waals surface area (Å²) in [5.41, 5.74) is 2.39. The van der Waals surface area contributed by atoms with Crippen LogP contribution in [0, 0.1) is 0 Å². The maximum atomic E-state index is 12.6. The van der Waals surface area contributed by atoms with Crippen LogP contribution in [0.4, 0.5) is 0 Å². The zero-order valence-corrected chi connectivity index (χ0v) is 21.8. The first-order chi connectivity index (χ1) is 16.8. The van der Waals surface area contributed by atoms with E-state index in [9.17, 15) is 8.42 Å². The van der Waals surface area contributed by atoms with Gasteiger partial charge in [0.05, 0.1) is 34.4 Å². The highest BCUT2D eigenvalue weighted by Gasteiger charge is 2.21. The van der Waals surface area contributed by atoms with Gasteiger partial charge in [-0.05, 0) is 37.3 Å². The number of hydrogen-bond donors (Lipinski definition) is 0. The van der Waals surface area contributed by atoms with Gasteiger partial charge in [-0.1, -0.05) is 30.0 Å². The van der Waals surface area contributed by atoms with E-state index in [2.05, 4.69) is 21.3 Å². The van der Waals surface area contributed by atoms with E-state index in [1.54, 1.807) is 25.3 Å². The van der Waals surface area contributed by atoms with Crippen LogP contribution in [-0.4, -0.2) is 58.2 Å². The molecule has 0 amide bonds. The number of methoxy groups -OCH3 is 1. The van der Waals surface area contributed by atoms with Gasteiger partial charge in [0, 0.05) is 27.2 Å². The molecule has 4 rings (SSSR count). The van der Waals surface area contributed by atoms with Crippen molar-refractivity contribution in [2.75, 3.05) is 21.2 Å². The normalized spacial score (nSPS) is 11.9. The van der Waals surface area contributed by atoms with Gasteiger partial charge >= 0.3 is 0 Å². The fraction of sp³-hybridized carbons (Fsp3) is 0.292. The van der Waals surface area contributed by atoms with E-state index in [4.69, 9.17) is 9.72 Å². The largest absolute Gasteiger partial charge is 0.496 e. The minimum absolute atomic E-state index is 0.224. The van der Waals surface area contributed by atoms with Crippen molar-refractivity contribution < 1.29 is 13.2 Å². The molecule has 0 atom stereocenters. The smallest absolute Gasteiger partial charge is 0.242 e. The fourth-order valence-corrected chi connectivity index (χ4v) is 5.66. The van der Waals surface area contributed by atoms with E-state index in [1.807, 2.05) is 41.8 Å². The molecular formula is C24H28N6O3S2. The molecule has 0 aliphatic carbocycles. The summed E-state index contributed by atoms with van der Waals surface area (Å²) < 4.78 is 35.9. The molecule has 2 aromatic carbocycles. The lowest BCUT2D eigenvalue weighted by Crippen LogP contribution is -2.22. The maximum Gasteiger partial charge on any atom is 0.242 e. The monoisotopic (exact) mass is 512 g/mol. The Morgan fingerprint density at radius 3 is 2.60 bits per heavy atom. The molecule has 2 heterocycles. The molecule has 0 radical (unpaired) electrons. The lowest BCUT2D eigenvalue weighted by molar-refractivity contribution is 0.416. The minimum Gasteiger partial charge on any atom is -0.496 e. The number of rotatable bonds is 10. The highest BCUT2D eigenvalue weighted by Crippen LogP contribution is 2.32. The number of nitrogens with zero attached hydrogens (tertiary/aromatic N) is 6. The molecule has 2 aromatic heterocycles. The summed E-state index contributed by atoms with van der Waals surface area (Å²) >= 11 is 1.52. The summed E-state index contributed by atoms with van der Waals surface area (Å²) in [6, 6.07) is 12.8. The van der Waals surface area contributed by atoms with Crippen LogP contribution in [0.25, 0.3) is 22.4 Å². The van der Waals surface area contributed by atoms with Crippen LogP contribution >= 0.6 is 11.8 Å². The Balaban J connectivity index is 1.68. The molecule has 184 valence electrons. The topological polar surface area (TPSA) is 95.1 Å². The molecule has 0 fully saturated rings. The number of imidazole rings is 1. The number of aryl methyl sites for hydroxylation is 1. The van der Waals surface area contributed by atoms with E-state index in [1.165, 1.54) is 30.2 Å². The Hall–Kier alpha value is -3.15. The van der Waals surface area contributed by atoms with Crippen LogP contribution in [0.15, 0.2) is 65.2 Å². The first-order valence-electron chi connectivity index (χ1n) is 11.0. The molecule has 0 aliphatic heterocycles. The Kier molecular flexibility index (Phi) is 7.29. The van der Waals surface area contributed by atoms with Crippen LogP contribution in [0.3, 0.4) is 0 Å². The molecule has 4 aromatic rings. The second-order valence-corrected chi connectivity index (χ2v) is 11.0. The number of ether oxygens (including phenoxy) is 1. The van der Waals surface area contributed by atoms with Crippen molar-refractivity contribution in [2.45, 2.75) is 35.8 Å². The second kappa shape index (κ2) is 10.2. The molecule has 11 heteroatoms. The van der Waals surface area contributed by atoms with Crippen molar-refractivity contribution in [2.24, 2.45) is 0 Å². The Labute approximate surface area is 209 Å². The number of para-hydroxylation sites is 1. The van der Waals surface area contributed by atoms with Crippen molar-refractivity contribution in [1.29, 1.82) is 0 Å². The van der Waals surface area contributed by atoms with E-state index < -0.39 is 10.0 Å². The number of sulfonamides is 1. The first kappa shape index (κ1) is 25.0. The third-order valence-electron chi connectivity index (χ3n) is 5.60. The van der Waals surface area contributed by atoms with Gasteiger partial charge in [0.1, 0.15) is 11.6 Å². The molecule has 9 nitrogen and oxygen atoms in total. The molecule has 0 saturated heterocycles. The predicted octanol–water partition coefficient (Wildman–Crippen LogP) is 4.05. The molecule has 0 N–H and O–H groups in total. The Bertz CT molecular complexity index is 1470. The van der Waals surface area contributed by atoms with Crippen molar-refractivity contribution in [3.05, 3.63) is 60.9 Å². The third-order valence-corrected chi connectivity index (χ3v) is 8.37. The molecule has 0 unspecified atom stereocenters. The van der Waals surface area contributed by atoms with Crippen molar-refractivity contribution in [1.82, 2.24) is 28.6 Å². The van der Waals surface area contributed by atoms with Crippen LogP contribution < -0.4 is 4.74 Å². The summed E-state index contributed by atoms with van der Waals surface area (Å²) in [6.07, 6.45) is 1.81. The summed E-state index contributed by atoms with van der Waals surface area (Å²) in [4.78, 5) is 4.99. The molecular weight excluding hydrogens is 484 g/mol. The van der Waals surface area contributed by atoms with Gasteiger partial charge in [-0.25, -0.2) is 17.7 Å². The Morgan fingerprint density at radius 2 is 1.91 bits per heavy atom. The second-order valence-electron chi connectivity index (χ2n) is 7.90. The highest BCUT2D eigenvalue weighted by molar-refractivity contribution is 7.98. The summed E-state index contributed by atoms with van der Waals surface area (Å²) in [5, 5.41) is 9.59. The van der Waals surface area contributed by atoms with Crippen molar-refractivity contribution in [3.63, 3.8) is 0 Å². The lowest BCUT2D eigenvalue weighted by Gasteiger charge is -2.11. The SMILES string of the molecule is C=CCn1c(SCc2nc3cc(S(=O)(=O)N(C)C)ccc3n2CC)nnc1-c1ccccc1OC. The van der Waals surface area contributed by atoms with E-state index in [0.717, 1.165) is 27.8 Å². The number of hydrogen-bond acceptors (Lipinski definition) is 7. The van der Waals surface area contributed by atoms with Gasteiger partial charge in [0.25, 0.3) is 0 Å². The molecule has 0 aliphatic rings. The van der Waals surface area contributed by atoms with Crippen LogP contribution in [-0.2, 0) is 28.9 Å². The van der Waals surface area contributed by atoms with Crippen molar-refractivity contribution in [3.8, 4) is 17.1 Å². The predicted molar refractivity (Wildman–Crippen MR) is 138 cm³/mol. The third kappa shape index (κ3) is 4.71. The zero-order valence-electron chi connectivity index (χ0n) is 20.2. The number of benzene rings is 2. The Morgan fingerprint density at radius 1 is 1.14 bits per heavy atom. The van der Waals surface area contributed by atoms with Gasteiger partial charge in [-0.15, -0.1) is 16.8 Å². The van der Waals surface area contributed by atoms with E-state index in [-0.39, 0.29) is 4.90 Å². The summed E-state index contributed by atoms with van der Waals surface area (Å²) in [6.45, 7) is 7.17. The first-order valence-corrected chi connectivity index (χ1v) is 13.5. The van der Waals surface area contributed by atoms with Gasteiger partial charge in [-0.3, -0.25) is 4.57 Å². The minimum atomic E-state index is -3.54. The quantitative estimate of drug-likeness (QED) is 0.234. The van der Waals surface area contributed by atoms with Gasteiger partial charge in [0.15, 0.2) is 11.0 Å². The number of thioether (sulfide) groups is 1. The van der Waals surface area contributed by atoms with Crippen molar-refractivity contribution >= 4 is 32.8 Å². The standard InChI is InChI=1S/C24H28N6O3S2/c1-6-14-30-23(18-10-8-9-11-21(18)33-5)26-27-24(30)34-16-22-25-19-15-17(35(31,32)28(3)4)12-13-20(19)29(22)7-2/h6,8-13,15H,1,7,14,16H2,2-5H3. The zero-order chi connectivity index (χ0) is 25.2. The average Bonchev–Trinajstić information content (AvgIpc) is 3.42. The maximum absolute atomic E-state index is 12.6. The van der Waals surface area contributed by atoms with Gasteiger partial charge in [0.2, 0.25) is 10.0 Å². The average molecular weight is 513 g/mol. The summed E-state index contributed by atoms with van der Waals surface area (Å²) in [7, 11) is 1.13. The van der Waals surface area contributed by atoms with E-state index >= 15 is 0 Å². The molecule has 0 spiro atoms.